The van der Waals surface area contributed by atoms with Gasteiger partial charge in [0.15, 0.2) is 11.5 Å². The number of anilines is 1. The molecule has 0 saturated heterocycles. The summed E-state index contributed by atoms with van der Waals surface area (Å²) >= 11 is 3.40. The molecule has 2 aromatic rings. The van der Waals surface area contributed by atoms with Crippen LogP contribution in [0.1, 0.15) is 24.0 Å². The van der Waals surface area contributed by atoms with Crippen LogP contribution in [-0.4, -0.2) is 31.7 Å². The molecule has 0 aromatic heterocycles. The minimum absolute atomic E-state index is 0.0148. The summed E-state index contributed by atoms with van der Waals surface area (Å²) < 4.78 is 11.4. The van der Waals surface area contributed by atoms with Gasteiger partial charge in [-0.2, -0.15) is 5.10 Å². The quantitative estimate of drug-likeness (QED) is 0.331. The molecule has 0 aliphatic heterocycles. The fraction of sp³-hybridized carbons (Fsp3) is 0.227. The third kappa shape index (κ3) is 6.94. The number of rotatable bonds is 9. The molecule has 0 atom stereocenters. The van der Waals surface area contributed by atoms with Crippen LogP contribution >= 0.6 is 15.9 Å². The maximum absolute atomic E-state index is 12.0. The fourth-order valence-electron chi connectivity index (χ4n) is 2.46. The number of carbonyl (C=O) groups is 2. The molecule has 0 aliphatic rings. The van der Waals surface area contributed by atoms with Crippen molar-refractivity contribution < 1.29 is 19.1 Å². The molecule has 0 saturated carbocycles. The molecule has 7 nitrogen and oxygen atoms in total. The Morgan fingerprint density at radius 1 is 1.23 bits per heavy atom. The first kappa shape index (κ1) is 23.0. The van der Waals surface area contributed by atoms with Crippen LogP contribution in [0.25, 0.3) is 0 Å². The predicted octanol–water partition coefficient (Wildman–Crippen LogP) is 3.65. The SMILES string of the molecule is C#CCOc1c(Br)cc(C=NNC(=O)CCC(=O)Nc2ccccc2C)cc1OC. The van der Waals surface area contributed by atoms with Gasteiger partial charge < -0.3 is 14.8 Å². The molecule has 0 bridgehead atoms. The van der Waals surface area contributed by atoms with Crippen LogP contribution in [0.5, 0.6) is 11.5 Å². The van der Waals surface area contributed by atoms with Crippen LogP contribution < -0.4 is 20.2 Å². The lowest BCUT2D eigenvalue weighted by Crippen LogP contribution is -2.20. The number of halogens is 1. The lowest BCUT2D eigenvalue weighted by atomic mass is 10.2. The molecule has 0 aliphatic carbocycles. The number of benzene rings is 2. The third-order valence-corrected chi connectivity index (χ3v) is 4.54. The third-order valence-electron chi connectivity index (χ3n) is 3.95. The summed E-state index contributed by atoms with van der Waals surface area (Å²) in [6.07, 6.45) is 6.74. The highest BCUT2D eigenvalue weighted by Crippen LogP contribution is 2.36. The van der Waals surface area contributed by atoms with Gasteiger partial charge in [0.05, 0.1) is 17.8 Å². The molecule has 156 valence electrons. The second-order valence-electron chi connectivity index (χ2n) is 6.18. The van der Waals surface area contributed by atoms with E-state index in [1.54, 1.807) is 12.1 Å². The Morgan fingerprint density at radius 2 is 1.97 bits per heavy atom. The van der Waals surface area contributed by atoms with Gasteiger partial charge in [0.1, 0.15) is 6.61 Å². The van der Waals surface area contributed by atoms with Crippen molar-refractivity contribution in [1.29, 1.82) is 0 Å². The van der Waals surface area contributed by atoms with Crippen molar-refractivity contribution in [2.75, 3.05) is 19.0 Å². The van der Waals surface area contributed by atoms with Crippen LogP contribution in [0.4, 0.5) is 5.69 Å². The van der Waals surface area contributed by atoms with Crippen molar-refractivity contribution in [2.45, 2.75) is 19.8 Å². The number of hydrogen-bond donors (Lipinski definition) is 2. The van der Waals surface area contributed by atoms with Crippen molar-refractivity contribution in [2.24, 2.45) is 5.10 Å². The van der Waals surface area contributed by atoms with Gasteiger partial charge in [-0.3, -0.25) is 9.59 Å². The van der Waals surface area contributed by atoms with E-state index in [1.165, 1.54) is 13.3 Å². The van der Waals surface area contributed by atoms with E-state index in [0.29, 0.717) is 21.5 Å². The number of hydrazone groups is 1. The number of nitrogens with one attached hydrogen (secondary N) is 2. The number of amides is 2. The normalized spacial score (nSPS) is 10.3. The molecule has 0 fully saturated rings. The van der Waals surface area contributed by atoms with Gasteiger partial charge in [0.25, 0.3) is 0 Å². The first-order valence-electron chi connectivity index (χ1n) is 9.05. The Bertz CT molecular complexity index is 983. The molecule has 8 heteroatoms. The van der Waals surface area contributed by atoms with Gasteiger partial charge in [-0.15, -0.1) is 6.42 Å². The average Bonchev–Trinajstić information content (AvgIpc) is 2.73. The highest BCUT2D eigenvalue weighted by Gasteiger charge is 2.11. The molecule has 2 aromatic carbocycles. The summed E-state index contributed by atoms with van der Waals surface area (Å²) in [5.74, 6) is 2.74. The van der Waals surface area contributed by atoms with Gasteiger partial charge in [0.2, 0.25) is 11.8 Å². The molecule has 30 heavy (non-hydrogen) atoms. The zero-order valence-corrected chi connectivity index (χ0v) is 18.3. The van der Waals surface area contributed by atoms with Crippen LogP contribution in [0.2, 0.25) is 0 Å². The van der Waals surface area contributed by atoms with Crippen LogP contribution in [0.3, 0.4) is 0 Å². The Balaban J connectivity index is 1.87. The minimum atomic E-state index is -0.369. The number of carbonyl (C=O) groups excluding carboxylic acids is 2. The number of aryl methyl sites for hydroxylation is 1. The Kier molecular flexibility index (Phi) is 8.91. The molecule has 2 N–H and O–H groups in total. The van der Waals surface area contributed by atoms with E-state index >= 15 is 0 Å². The van der Waals surface area contributed by atoms with Crippen LogP contribution in [-0.2, 0) is 9.59 Å². The molecular weight excluding hydrogens is 450 g/mol. The summed E-state index contributed by atoms with van der Waals surface area (Å²) in [6, 6.07) is 10.9. The maximum atomic E-state index is 12.0. The lowest BCUT2D eigenvalue weighted by Gasteiger charge is -2.11. The molecular formula is C22H22BrN3O4. The van der Waals surface area contributed by atoms with E-state index in [1.807, 2.05) is 31.2 Å². The largest absolute Gasteiger partial charge is 0.493 e. The van der Waals surface area contributed by atoms with Gasteiger partial charge in [-0.25, -0.2) is 5.43 Å². The molecule has 2 amide bonds. The van der Waals surface area contributed by atoms with E-state index in [0.717, 1.165) is 11.3 Å². The zero-order chi connectivity index (χ0) is 21.9. The van der Waals surface area contributed by atoms with E-state index in [9.17, 15) is 9.59 Å². The summed E-state index contributed by atoms with van der Waals surface area (Å²) in [5, 5.41) is 6.71. The maximum Gasteiger partial charge on any atom is 0.240 e. The zero-order valence-electron chi connectivity index (χ0n) is 16.7. The molecule has 2 rings (SSSR count). The highest BCUT2D eigenvalue weighted by molar-refractivity contribution is 9.10. The van der Waals surface area contributed by atoms with Crippen LogP contribution in [0.15, 0.2) is 46.0 Å². The van der Waals surface area contributed by atoms with E-state index < -0.39 is 0 Å². The monoisotopic (exact) mass is 471 g/mol. The predicted molar refractivity (Wildman–Crippen MR) is 120 cm³/mol. The van der Waals surface area contributed by atoms with E-state index in [2.05, 4.69) is 37.7 Å². The highest BCUT2D eigenvalue weighted by atomic mass is 79.9. The minimum Gasteiger partial charge on any atom is -0.493 e. The topological polar surface area (TPSA) is 89.0 Å². The fourth-order valence-corrected chi connectivity index (χ4v) is 3.03. The molecule has 0 heterocycles. The molecule has 0 spiro atoms. The summed E-state index contributed by atoms with van der Waals surface area (Å²) in [7, 11) is 1.51. The van der Waals surface area contributed by atoms with Crippen molar-refractivity contribution in [3.05, 3.63) is 52.0 Å². The first-order chi connectivity index (χ1) is 14.4. The molecule has 0 unspecified atom stereocenters. The summed E-state index contributed by atoms with van der Waals surface area (Å²) in [4.78, 5) is 23.9. The van der Waals surface area contributed by atoms with E-state index in [-0.39, 0.29) is 31.3 Å². The van der Waals surface area contributed by atoms with E-state index in [4.69, 9.17) is 15.9 Å². The van der Waals surface area contributed by atoms with Gasteiger partial charge in [-0.05, 0) is 52.2 Å². The second kappa shape index (κ2) is 11.6. The van der Waals surface area contributed by atoms with Crippen LogP contribution in [0, 0.1) is 19.3 Å². The number of hydrogen-bond acceptors (Lipinski definition) is 5. The summed E-state index contributed by atoms with van der Waals surface area (Å²) in [6.45, 7) is 2.01. The Morgan fingerprint density at radius 3 is 2.67 bits per heavy atom. The van der Waals surface area contributed by atoms with Crippen molar-refractivity contribution in [3.8, 4) is 23.8 Å². The van der Waals surface area contributed by atoms with Gasteiger partial charge in [0, 0.05) is 18.5 Å². The van der Waals surface area contributed by atoms with Crippen molar-refractivity contribution in [3.63, 3.8) is 0 Å². The van der Waals surface area contributed by atoms with Crippen molar-refractivity contribution >= 4 is 39.6 Å². The number of terminal acetylenes is 1. The summed E-state index contributed by atoms with van der Waals surface area (Å²) in [5.41, 5.74) is 4.76. The van der Waals surface area contributed by atoms with Gasteiger partial charge in [-0.1, -0.05) is 24.1 Å². The first-order valence-corrected chi connectivity index (χ1v) is 9.85. The smallest absolute Gasteiger partial charge is 0.240 e. The second-order valence-corrected chi connectivity index (χ2v) is 7.04. The number of ether oxygens (including phenoxy) is 2. The number of para-hydroxylation sites is 1. The number of methoxy groups -OCH3 is 1. The lowest BCUT2D eigenvalue weighted by molar-refractivity contribution is -0.124. The van der Waals surface area contributed by atoms with Crippen molar-refractivity contribution in [1.82, 2.24) is 5.43 Å². The standard InChI is InChI=1S/C22H22BrN3O4/c1-4-11-30-22-17(23)12-16(13-19(22)29-3)14-24-26-21(28)10-9-20(27)25-18-8-6-5-7-15(18)2/h1,5-8,12-14H,9-11H2,2-3H3,(H,25,27)(H,26,28). The Hall–Kier alpha value is -3.31. The average molecular weight is 472 g/mol. The Labute approximate surface area is 184 Å². The number of nitrogens with zero attached hydrogens (tertiary/aromatic N) is 1. The van der Waals surface area contributed by atoms with Gasteiger partial charge >= 0.3 is 0 Å². The molecule has 0 radical (unpaired) electrons.